The SMILES string of the molecule is CC(C(=O)Nc1nc2ccc(Cl)c(F)c2n1C1(C)CCC1)C1(C(F)(F)F)CC1. The van der Waals surface area contributed by atoms with Gasteiger partial charge in [0.2, 0.25) is 11.9 Å². The van der Waals surface area contributed by atoms with E-state index in [-0.39, 0.29) is 29.3 Å². The fourth-order valence-electron chi connectivity index (χ4n) is 4.19. The smallest absolute Gasteiger partial charge is 0.301 e. The number of halogens is 5. The monoisotopic (exact) mass is 417 g/mol. The number of carbonyl (C=O) groups is 1. The van der Waals surface area contributed by atoms with Crippen LogP contribution in [0.1, 0.15) is 46.0 Å². The fourth-order valence-corrected chi connectivity index (χ4v) is 4.34. The van der Waals surface area contributed by atoms with Gasteiger partial charge in [-0.25, -0.2) is 9.37 Å². The molecular weight excluding hydrogens is 398 g/mol. The maximum Gasteiger partial charge on any atom is 0.395 e. The van der Waals surface area contributed by atoms with Crippen molar-refractivity contribution in [3.05, 3.63) is 23.0 Å². The number of fused-ring (bicyclic) bond motifs is 1. The second-order valence-corrected chi connectivity index (χ2v) is 8.62. The highest BCUT2D eigenvalue weighted by Crippen LogP contribution is 2.62. The van der Waals surface area contributed by atoms with E-state index in [0.29, 0.717) is 5.52 Å². The van der Waals surface area contributed by atoms with E-state index in [9.17, 15) is 22.4 Å². The molecule has 4 rings (SSSR count). The number of anilines is 1. The second-order valence-electron chi connectivity index (χ2n) is 8.22. The van der Waals surface area contributed by atoms with Crippen molar-refractivity contribution in [2.45, 2.75) is 57.7 Å². The maximum atomic E-state index is 14.8. The molecule has 1 amide bonds. The molecule has 1 aromatic carbocycles. The first-order valence-electron chi connectivity index (χ1n) is 9.25. The number of carbonyl (C=O) groups excluding carboxylic acids is 1. The first-order chi connectivity index (χ1) is 13.0. The van der Waals surface area contributed by atoms with Gasteiger partial charge < -0.3 is 4.57 Å². The highest BCUT2D eigenvalue weighted by Gasteiger charge is 2.67. The summed E-state index contributed by atoms with van der Waals surface area (Å²) >= 11 is 5.93. The Morgan fingerprint density at radius 3 is 2.43 bits per heavy atom. The molecule has 9 heteroatoms. The van der Waals surface area contributed by atoms with Gasteiger partial charge >= 0.3 is 6.18 Å². The lowest BCUT2D eigenvalue weighted by Gasteiger charge is -2.41. The van der Waals surface area contributed by atoms with Gasteiger partial charge in [0.25, 0.3) is 0 Å². The number of hydrogen-bond acceptors (Lipinski definition) is 2. The number of rotatable bonds is 4. The van der Waals surface area contributed by atoms with Gasteiger partial charge in [0.15, 0.2) is 5.82 Å². The Kier molecular flexibility index (Phi) is 4.23. The van der Waals surface area contributed by atoms with Crippen LogP contribution in [0.25, 0.3) is 11.0 Å². The average Bonchev–Trinajstić information content (AvgIpc) is 3.33. The molecule has 0 saturated heterocycles. The number of nitrogens with one attached hydrogen (secondary N) is 1. The normalized spacial score (nSPS) is 21.2. The number of alkyl halides is 3. The van der Waals surface area contributed by atoms with Crippen molar-refractivity contribution in [1.82, 2.24) is 9.55 Å². The number of imidazole rings is 1. The Bertz CT molecular complexity index is 960. The third kappa shape index (κ3) is 2.71. The summed E-state index contributed by atoms with van der Waals surface area (Å²) in [5, 5.41) is 2.47. The molecule has 2 aliphatic rings. The van der Waals surface area contributed by atoms with Crippen LogP contribution in [0, 0.1) is 17.2 Å². The minimum Gasteiger partial charge on any atom is -0.301 e. The predicted octanol–water partition coefficient (Wildman–Crippen LogP) is 5.65. The molecule has 152 valence electrons. The molecule has 2 fully saturated rings. The molecular formula is C19H20ClF4N3O. The van der Waals surface area contributed by atoms with Crippen molar-refractivity contribution < 1.29 is 22.4 Å². The molecule has 1 aromatic heterocycles. The lowest BCUT2D eigenvalue weighted by atomic mass is 9.78. The van der Waals surface area contributed by atoms with E-state index in [1.165, 1.54) is 19.1 Å². The minimum absolute atomic E-state index is 0.0631. The van der Waals surface area contributed by atoms with Crippen LogP contribution < -0.4 is 5.32 Å². The van der Waals surface area contributed by atoms with Gasteiger partial charge in [-0.05, 0) is 51.2 Å². The van der Waals surface area contributed by atoms with Gasteiger partial charge in [-0.1, -0.05) is 18.5 Å². The first kappa shape index (κ1) is 19.5. The Morgan fingerprint density at radius 2 is 1.93 bits per heavy atom. The molecule has 1 N–H and O–H groups in total. The van der Waals surface area contributed by atoms with Crippen molar-refractivity contribution in [1.29, 1.82) is 0 Å². The largest absolute Gasteiger partial charge is 0.395 e. The lowest BCUT2D eigenvalue weighted by Crippen LogP contribution is -2.41. The van der Waals surface area contributed by atoms with E-state index in [1.807, 2.05) is 6.92 Å². The zero-order chi connectivity index (χ0) is 20.5. The van der Waals surface area contributed by atoms with Crippen molar-refractivity contribution >= 4 is 34.5 Å². The van der Waals surface area contributed by atoms with E-state index >= 15 is 0 Å². The summed E-state index contributed by atoms with van der Waals surface area (Å²) in [7, 11) is 0. The Balaban J connectivity index is 1.74. The molecule has 2 aliphatic carbocycles. The number of nitrogens with zero attached hydrogens (tertiary/aromatic N) is 2. The molecule has 28 heavy (non-hydrogen) atoms. The van der Waals surface area contributed by atoms with E-state index in [0.717, 1.165) is 19.3 Å². The molecule has 1 heterocycles. The summed E-state index contributed by atoms with van der Waals surface area (Å²) in [6.45, 7) is 3.19. The summed E-state index contributed by atoms with van der Waals surface area (Å²) < 4.78 is 56.5. The summed E-state index contributed by atoms with van der Waals surface area (Å²) in [6.07, 6.45) is -2.15. The fraction of sp³-hybridized carbons (Fsp3) is 0.579. The van der Waals surface area contributed by atoms with Crippen LogP contribution in [0.5, 0.6) is 0 Å². The quantitative estimate of drug-likeness (QED) is 0.654. The second kappa shape index (κ2) is 6.08. The lowest BCUT2D eigenvalue weighted by molar-refractivity contribution is -0.201. The zero-order valence-corrected chi connectivity index (χ0v) is 16.2. The summed E-state index contributed by atoms with van der Waals surface area (Å²) in [6, 6.07) is 2.91. The van der Waals surface area contributed by atoms with E-state index in [4.69, 9.17) is 11.6 Å². The van der Waals surface area contributed by atoms with Crippen LogP contribution in [0.4, 0.5) is 23.5 Å². The number of benzene rings is 1. The topological polar surface area (TPSA) is 46.9 Å². The maximum absolute atomic E-state index is 14.8. The minimum atomic E-state index is -4.44. The summed E-state index contributed by atoms with van der Waals surface area (Å²) in [5.41, 5.74) is -2.00. The molecule has 1 unspecified atom stereocenters. The molecule has 2 saturated carbocycles. The van der Waals surface area contributed by atoms with E-state index < -0.39 is 34.8 Å². The van der Waals surface area contributed by atoms with Crippen molar-refractivity contribution in [2.24, 2.45) is 11.3 Å². The van der Waals surface area contributed by atoms with Gasteiger partial charge in [-0.3, -0.25) is 10.1 Å². The van der Waals surface area contributed by atoms with E-state index in [1.54, 1.807) is 4.57 Å². The number of amides is 1. The van der Waals surface area contributed by atoms with Crippen LogP contribution in [-0.4, -0.2) is 21.6 Å². The number of hydrogen-bond donors (Lipinski definition) is 1. The van der Waals surface area contributed by atoms with Gasteiger partial charge in [0.1, 0.15) is 5.52 Å². The Morgan fingerprint density at radius 1 is 1.29 bits per heavy atom. The highest BCUT2D eigenvalue weighted by molar-refractivity contribution is 6.31. The first-order valence-corrected chi connectivity index (χ1v) is 9.62. The molecule has 2 aromatic rings. The van der Waals surface area contributed by atoms with Gasteiger partial charge in [-0.15, -0.1) is 0 Å². The average molecular weight is 418 g/mol. The standard InChI is InChI=1S/C19H20ClF4N3O/c1-10(18(8-9-18)19(22,23)24)15(28)26-16-25-12-5-4-11(20)13(21)14(12)27(16)17(2)6-3-7-17/h4-5,10H,3,6-9H2,1-2H3,(H,25,26,28). The third-order valence-corrected chi connectivity index (χ3v) is 6.78. The van der Waals surface area contributed by atoms with Crippen molar-refractivity contribution in [2.75, 3.05) is 5.32 Å². The molecule has 1 atom stereocenters. The summed E-state index contributed by atoms with van der Waals surface area (Å²) in [5.74, 6) is -2.61. The zero-order valence-electron chi connectivity index (χ0n) is 15.5. The predicted molar refractivity (Wildman–Crippen MR) is 97.7 cm³/mol. The van der Waals surface area contributed by atoms with Crippen LogP contribution in [0.2, 0.25) is 5.02 Å². The third-order valence-electron chi connectivity index (χ3n) is 6.49. The Hall–Kier alpha value is -1.83. The van der Waals surface area contributed by atoms with Crippen LogP contribution >= 0.6 is 11.6 Å². The van der Waals surface area contributed by atoms with Gasteiger partial charge in [-0.2, -0.15) is 13.2 Å². The van der Waals surface area contributed by atoms with E-state index in [2.05, 4.69) is 10.3 Å². The molecule has 4 nitrogen and oxygen atoms in total. The van der Waals surface area contributed by atoms with Crippen LogP contribution in [0.15, 0.2) is 12.1 Å². The molecule has 0 bridgehead atoms. The van der Waals surface area contributed by atoms with Crippen LogP contribution in [0.3, 0.4) is 0 Å². The van der Waals surface area contributed by atoms with Gasteiger partial charge in [0, 0.05) is 11.5 Å². The molecule has 0 radical (unpaired) electrons. The van der Waals surface area contributed by atoms with Crippen molar-refractivity contribution in [3.63, 3.8) is 0 Å². The number of aromatic nitrogens is 2. The molecule has 0 spiro atoms. The summed E-state index contributed by atoms with van der Waals surface area (Å²) in [4.78, 5) is 17.0. The van der Waals surface area contributed by atoms with Gasteiger partial charge in [0.05, 0.1) is 16.0 Å². The Labute approximate surface area is 164 Å². The highest BCUT2D eigenvalue weighted by atomic mass is 35.5. The molecule has 0 aliphatic heterocycles. The van der Waals surface area contributed by atoms with Crippen LogP contribution in [-0.2, 0) is 10.3 Å². The van der Waals surface area contributed by atoms with Crippen molar-refractivity contribution in [3.8, 4) is 0 Å².